The third-order valence-electron chi connectivity index (χ3n) is 2.50. The Hall–Kier alpha value is -1.95. The lowest BCUT2D eigenvalue weighted by atomic mass is 10.1. The topological polar surface area (TPSA) is 35.8 Å². The van der Waals surface area contributed by atoms with Gasteiger partial charge in [-0.05, 0) is 42.0 Å². The molecular formula is C15H10Cl2N2. The van der Waals surface area contributed by atoms with Gasteiger partial charge in [0.25, 0.3) is 0 Å². The maximum Gasteiger partial charge on any atom is 0.101 e. The number of rotatable bonds is 3. The van der Waals surface area contributed by atoms with E-state index in [9.17, 15) is 0 Å². The molecule has 0 atom stereocenters. The number of nitrogens with one attached hydrogen (secondary N) is 1. The summed E-state index contributed by atoms with van der Waals surface area (Å²) in [5.41, 5.74) is 2.21. The Kier molecular flexibility index (Phi) is 4.46. The van der Waals surface area contributed by atoms with Crippen LogP contribution in [-0.2, 0) is 0 Å². The predicted molar refractivity (Wildman–Crippen MR) is 80.1 cm³/mol. The molecule has 0 spiro atoms. The summed E-state index contributed by atoms with van der Waals surface area (Å²) in [5, 5.41) is 13.5. The van der Waals surface area contributed by atoms with E-state index in [1.165, 1.54) is 0 Å². The molecule has 0 heterocycles. The van der Waals surface area contributed by atoms with Crippen LogP contribution in [0.4, 0.5) is 5.69 Å². The third-order valence-corrected chi connectivity index (χ3v) is 3.01. The first-order valence-corrected chi connectivity index (χ1v) is 6.33. The minimum Gasteiger partial charge on any atom is -0.360 e. The molecule has 2 aromatic carbocycles. The van der Waals surface area contributed by atoms with Gasteiger partial charge in [-0.25, -0.2) is 0 Å². The highest BCUT2D eigenvalue weighted by molar-refractivity contribution is 6.30. The van der Waals surface area contributed by atoms with Crippen molar-refractivity contribution >= 4 is 34.5 Å². The van der Waals surface area contributed by atoms with Gasteiger partial charge in [0, 0.05) is 21.9 Å². The largest absolute Gasteiger partial charge is 0.360 e. The smallest absolute Gasteiger partial charge is 0.101 e. The molecule has 0 radical (unpaired) electrons. The predicted octanol–water partition coefficient (Wildman–Crippen LogP) is 4.97. The van der Waals surface area contributed by atoms with E-state index in [2.05, 4.69) is 11.4 Å². The van der Waals surface area contributed by atoms with Gasteiger partial charge in [0.05, 0.1) is 5.57 Å². The van der Waals surface area contributed by atoms with E-state index in [0.717, 1.165) is 11.3 Å². The monoisotopic (exact) mass is 288 g/mol. The van der Waals surface area contributed by atoms with Crippen LogP contribution in [0.1, 0.15) is 5.56 Å². The first kappa shape index (κ1) is 13.5. The molecule has 0 saturated carbocycles. The van der Waals surface area contributed by atoms with Crippen LogP contribution in [0.3, 0.4) is 0 Å². The molecule has 2 rings (SSSR count). The maximum absolute atomic E-state index is 9.16. The van der Waals surface area contributed by atoms with Gasteiger partial charge in [0.2, 0.25) is 0 Å². The highest BCUT2D eigenvalue weighted by Crippen LogP contribution is 2.18. The van der Waals surface area contributed by atoms with Gasteiger partial charge in [-0.1, -0.05) is 35.3 Å². The Bertz CT molecular complexity index is 623. The molecule has 0 saturated heterocycles. The maximum atomic E-state index is 9.16. The summed E-state index contributed by atoms with van der Waals surface area (Å²) >= 11 is 11.6. The van der Waals surface area contributed by atoms with Gasteiger partial charge >= 0.3 is 0 Å². The lowest BCUT2D eigenvalue weighted by molar-refractivity contribution is 1.50. The molecule has 0 unspecified atom stereocenters. The van der Waals surface area contributed by atoms with Crippen LogP contribution in [0, 0.1) is 11.3 Å². The zero-order valence-corrected chi connectivity index (χ0v) is 11.4. The quantitative estimate of drug-likeness (QED) is 0.810. The van der Waals surface area contributed by atoms with Gasteiger partial charge in [-0.2, -0.15) is 5.26 Å². The van der Waals surface area contributed by atoms with Crippen molar-refractivity contribution in [3.05, 3.63) is 70.3 Å². The van der Waals surface area contributed by atoms with Crippen molar-refractivity contribution in [3.8, 4) is 6.07 Å². The van der Waals surface area contributed by atoms with Crippen LogP contribution in [0.2, 0.25) is 10.0 Å². The summed E-state index contributed by atoms with van der Waals surface area (Å²) < 4.78 is 0. The standard InChI is InChI=1S/C15H10Cl2N2/c16-13-3-1-11(2-4-13)12(9-18)10-19-15-7-5-14(17)6-8-15/h1-8,10,19H/b12-10+. The van der Waals surface area contributed by atoms with E-state index >= 15 is 0 Å². The Balaban J connectivity index is 2.18. The highest BCUT2D eigenvalue weighted by Gasteiger charge is 2.00. The summed E-state index contributed by atoms with van der Waals surface area (Å²) in [6.07, 6.45) is 1.66. The van der Waals surface area contributed by atoms with E-state index in [1.807, 2.05) is 12.1 Å². The molecule has 0 bridgehead atoms. The lowest BCUT2D eigenvalue weighted by Gasteiger charge is -2.03. The van der Waals surface area contributed by atoms with E-state index in [-0.39, 0.29) is 0 Å². The molecule has 94 valence electrons. The molecule has 0 fully saturated rings. The van der Waals surface area contributed by atoms with Crippen LogP contribution in [0.25, 0.3) is 5.57 Å². The summed E-state index contributed by atoms with van der Waals surface area (Å²) in [4.78, 5) is 0. The second-order valence-electron chi connectivity index (χ2n) is 3.83. The van der Waals surface area contributed by atoms with Gasteiger partial charge in [0.1, 0.15) is 6.07 Å². The van der Waals surface area contributed by atoms with Crippen molar-refractivity contribution in [1.82, 2.24) is 0 Å². The SMILES string of the molecule is N#C/C(=C\Nc1ccc(Cl)cc1)c1ccc(Cl)cc1. The fourth-order valence-electron chi connectivity index (χ4n) is 1.51. The number of anilines is 1. The molecule has 0 aliphatic carbocycles. The van der Waals surface area contributed by atoms with Crippen molar-refractivity contribution in [2.24, 2.45) is 0 Å². The van der Waals surface area contributed by atoms with Crippen molar-refractivity contribution in [1.29, 1.82) is 5.26 Å². The van der Waals surface area contributed by atoms with Gasteiger partial charge in [-0.3, -0.25) is 0 Å². The Morgan fingerprint density at radius 3 is 2.00 bits per heavy atom. The van der Waals surface area contributed by atoms with Gasteiger partial charge in [0.15, 0.2) is 0 Å². The molecule has 0 aromatic heterocycles. The molecule has 19 heavy (non-hydrogen) atoms. The molecule has 4 heteroatoms. The average Bonchev–Trinajstić information content (AvgIpc) is 2.43. The van der Waals surface area contributed by atoms with Crippen LogP contribution in [0.5, 0.6) is 0 Å². The number of halogens is 2. The Morgan fingerprint density at radius 2 is 1.47 bits per heavy atom. The number of hydrogen-bond acceptors (Lipinski definition) is 2. The molecule has 1 N–H and O–H groups in total. The fourth-order valence-corrected chi connectivity index (χ4v) is 1.76. The number of nitrogens with zero attached hydrogens (tertiary/aromatic N) is 1. The van der Waals surface area contributed by atoms with Crippen molar-refractivity contribution < 1.29 is 0 Å². The first-order chi connectivity index (χ1) is 9.19. The normalized spacial score (nSPS) is 10.9. The second-order valence-corrected chi connectivity index (χ2v) is 4.70. The minimum atomic E-state index is 0.534. The molecule has 0 aliphatic rings. The second kappa shape index (κ2) is 6.29. The summed E-state index contributed by atoms with van der Waals surface area (Å²) in [7, 11) is 0. The molecule has 2 aromatic rings. The Morgan fingerprint density at radius 1 is 0.947 bits per heavy atom. The zero-order chi connectivity index (χ0) is 13.7. The summed E-state index contributed by atoms with van der Waals surface area (Å²) in [6, 6.07) is 16.5. The fraction of sp³-hybridized carbons (Fsp3) is 0. The van der Waals surface area contributed by atoms with Crippen molar-refractivity contribution in [2.45, 2.75) is 0 Å². The van der Waals surface area contributed by atoms with E-state index in [0.29, 0.717) is 15.6 Å². The van der Waals surface area contributed by atoms with Crippen molar-refractivity contribution in [2.75, 3.05) is 5.32 Å². The third kappa shape index (κ3) is 3.75. The van der Waals surface area contributed by atoms with Gasteiger partial charge in [-0.15, -0.1) is 0 Å². The number of benzene rings is 2. The van der Waals surface area contributed by atoms with Crippen LogP contribution in [-0.4, -0.2) is 0 Å². The minimum absolute atomic E-state index is 0.534. The highest BCUT2D eigenvalue weighted by atomic mass is 35.5. The zero-order valence-electron chi connectivity index (χ0n) is 9.90. The molecule has 0 amide bonds. The number of allylic oxidation sites excluding steroid dienone is 1. The van der Waals surface area contributed by atoms with E-state index in [1.54, 1.807) is 42.6 Å². The molecular weight excluding hydrogens is 279 g/mol. The first-order valence-electron chi connectivity index (χ1n) is 5.57. The molecule has 2 nitrogen and oxygen atoms in total. The van der Waals surface area contributed by atoms with Crippen LogP contribution < -0.4 is 5.32 Å². The van der Waals surface area contributed by atoms with Crippen molar-refractivity contribution in [3.63, 3.8) is 0 Å². The summed E-state index contributed by atoms with van der Waals surface area (Å²) in [5.74, 6) is 0. The molecule has 0 aliphatic heterocycles. The lowest BCUT2D eigenvalue weighted by Crippen LogP contribution is -1.90. The number of nitriles is 1. The Labute approximate surface area is 121 Å². The number of hydrogen-bond donors (Lipinski definition) is 1. The van der Waals surface area contributed by atoms with E-state index < -0.39 is 0 Å². The summed E-state index contributed by atoms with van der Waals surface area (Å²) in [6.45, 7) is 0. The van der Waals surface area contributed by atoms with Crippen LogP contribution in [0.15, 0.2) is 54.7 Å². The average molecular weight is 289 g/mol. The van der Waals surface area contributed by atoms with E-state index in [4.69, 9.17) is 28.5 Å². The van der Waals surface area contributed by atoms with Gasteiger partial charge < -0.3 is 5.32 Å². The van der Waals surface area contributed by atoms with Crippen LogP contribution >= 0.6 is 23.2 Å².